The highest BCUT2D eigenvalue weighted by Crippen LogP contribution is 2.26. The SMILES string of the molecule is CC(C)(C)CC[C@@H](CC(=O)COCCOCCOCCOCCOCCN)C(=O)NCCCC[C@@H](NC(=O)[C@@H](CCC(=O)OC(C)(C)C)CC(=O)COCCOCCOCCOCCOCCN)C(=O)CCCOCCOCCONC(=O)OC(C)(C)C. The van der Waals surface area contributed by atoms with Crippen LogP contribution in [0.4, 0.5) is 4.79 Å². The molecule has 0 aromatic carbocycles. The first kappa shape index (κ1) is 84.1. The molecule has 0 unspecified atom stereocenters. The molecule has 0 aliphatic heterocycles. The van der Waals surface area contributed by atoms with Gasteiger partial charge in [-0.25, -0.2) is 4.79 Å². The van der Waals surface area contributed by atoms with Crippen LogP contribution in [0.5, 0.6) is 0 Å². The predicted molar refractivity (Wildman–Crippen MR) is 326 cm³/mol. The average molecular weight is 1270 g/mol. The van der Waals surface area contributed by atoms with Crippen LogP contribution < -0.4 is 27.6 Å². The summed E-state index contributed by atoms with van der Waals surface area (Å²) in [7, 11) is 0. The van der Waals surface area contributed by atoms with Crippen molar-refractivity contribution in [1.29, 1.82) is 0 Å². The molecule has 3 amide bonds. The lowest BCUT2D eigenvalue weighted by Gasteiger charge is -2.23. The molecular weight excluding hydrogens is 1150 g/mol. The Kier molecular flexibility index (Phi) is 52.4. The maximum atomic E-state index is 14.2. The van der Waals surface area contributed by atoms with Gasteiger partial charge in [0.05, 0.1) is 151 Å². The topological polar surface area (TPSA) is 346 Å². The molecule has 0 heterocycles. The second-order valence-electron chi connectivity index (χ2n) is 23.8. The summed E-state index contributed by atoms with van der Waals surface area (Å²) in [6, 6.07) is -0.968. The first-order valence-electron chi connectivity index (χ1n) is 31.3. The zero-order chi connectivity index (χ0) is 65.6. The number of carbonyl (C=O) groups is 7. The molecule has 7 N–H and O–H groups in total. The quantitative estimate of drug-likeness (QED) is 0.0329. The van der Waals surface area contributed by atoms with E-state index in [2.05, 4.69) is 36.9 Å². The van der Waals surface area contributed by atoms with Gasteiger partial charge in [-0.15, -0.1) is 0 Å². The molecule has 0 radical (unpaired) electrons. The molecule has 88 heavy (non-hydrogen) atoms. The monoisotopic (exact) mass is 1270 g/mol. The van der Waals surface area contributed by atoms with E-state index < -0.39 is 47.0 Å². The van der Waals surface area contributed by atoms with E-state index in [1.54, 1.807) is 41.5 Å². The lowest BCUT2D eigenvalue weighted by atomic mass is 9.85. The number of hydroxylamine groups is 1. The van der Waals surface area contributed by atoms with Crippen LogP contribution in [0.25, 0.3) is 0 Å². The van der Waals surface area contributed by atoms with E-state index >= 15 is 0 Å². The summed E-state index contributed by atoms with van der Waals surface area (Å²) in [4.78, 5) is 97.8. The Morgan fingerprint density at radius 3 is 1.23 bits per heavy atom. The molecule has 0 aliphatic rings. The molecule has 0 fully saturated rings. The van der Waals surface area contributed by atoms with Crippen molar-refractivity contribution in [2.45, 2.75) is 150 Å². The maximum Gasteiger partial charge on any atom is 0.431 e. The van der Waals surface area contributed by atoms with E-state index in [4.69, 9.17) is 82.6 Å². The predicted octanol–water partition coefficient (Wildman–Crippen LogP) is 3.78. The minimum atomic E-state index is -0.998. The van der Waals surface area contributed by atoms with Crippen LogP contribution in [0.1, 0.15) is 133 Å². The normalized spacial score (nSPS) is 13.0. The van der Waals surface area contributed by atoms with E-state index in [0.717, 1.165) is 0 Å². The Bertz CT molecular complexity index is 1800. The number of hydrogen-bond acceptors (Lipinski definition) is 24. The largest absolute Gasteiger partial charge is 0.460 e. The number of carbonyl (C=O) groups excluding carboxylic acids is 7. The first-order valence-corrected chi connectivity index (χ1v) is 31.3. The number of esters is 1. The third kappa shape index (κ3) is 57.3. The van der Waals surface area contributed by atoms with Crippen LogP contribution in [-0.2, 0) is 99.9 Å². The van der Waals surface area contributed by atoms with E-state index in [0.29, 0.717) is 138 Å². The van der Waals surface area contributed by atoms with Gasteiger partial charge >= 0.3 is 12.1 Å². The van der Waals surface area contributed by atoms with Gasteiger partial charge in [0.25, 0.3) is 0 Å². The van der Waals surface area contributed by atoms with E-state index in [1.807, 2.05) is 0 Å². The lowest BCUT2D eigenvalue weighted by molar-refractivity contribution is -0.155. The van der Waals surface area contributed by atoms with Crippen molar-refractivity contribution in [3.05, 3.63) is 0 Å². The molecule has 0 aromatic rings. The molecule has 0 rings (SSSR count). The van der Waals surface area contributed by atoms with Crippen LogP contribution in [0.2, 0.25) is 0 Å². The third-order valence-corrected chi connectivity index (χ3v) is 12.0. The van der Waals surface area contributed by atoms with Gasteiger partial charge < -0.3 is 88.4 Å². The van der Waals surface area contributed by atoms with Crippen LogP contribution in [0.15, 0.2) is 0 Å². The zero-order valence-corrected chi connectivity index (χ0v) is 54.9. The minimum Gasteiger partial charge on any atom is -0.460 e. The van der Waals surface area contributed by atoms with Gasteiger partial charge in [0.15, 0.2) is 17.3 Å². The number of nitrogens with two attached hydrogens (primary N) is 2. The van der Waals surface area contributed by atoms with Crippen LogP contribution in [-0.4, -0.2) is 243 Å². The van der Waals surface area contributed by atoms with Crippen molar-refractivity contribution < 1.29 is 105 Å². The van der Waals surface area contributed by atoms with Crippen molar-refractivity contribution in [2.75, 3.05) is 185 Å². The summed E-state index contributed by atoms with van der Waals surface area (Å²) in [6.45, 7) is 24.8. The number of ketones is 3. The second-order valence-corrected chi connectivity index (χ2v) is 23.8. The van der Waals surface area contributed by atoms with Gasteiger partial charge in [-0.1, -0.05) is 20.8 Å². The summed E-state index contributed by atoms with van der Waals surface area (Å²) < 4.78 is 76.3. The Labute approximate surface area is 524 Å². The van der Waals surface area contributed by atoms with E-state index in [1.165, 1.54) is 0 Å². The van der Waals surface area contributed by atoms with E-state index in [-0.39, 0.29) is 146 Å². The smallest absolute Gasteiger partial charge is 0.431 e. The first-order chi connectivity index (χ1) is 42.0. The highest BCUT2D eigenvalue weighted by Gasteiger charge is 2.29. The number of nitrogens with one attached hydrogen (secondary N) is 3. The Balaban J connectivity index is 5.58. The van der Waals surface area contributed by atoms with Gasteiger partial charge in [-0.3, -0.25) is 33.6 Å². The van der Waals surface area contributed by atoms with Gasteiger partial charge in [0.1, 0.15) is 24.4 Å². The molecule has 0 saturated heterocycles. The van der Waals surface area contributed by atoms with Crippen molar-refractivity contribution in [1.82, 2.24) is 16.1 Å². The standard InChI is InChI=1S/C61H115N5O22/c1-59(2,3)18-17-50(46-52(68)48-85-42-40-82-38-36-80-34-32-78-30-27-76-24-20-63)56(71)64-21-11-10-13-53(54(69)14-12-22-74-25-28-83-43-44-86-66-58(73)88-61(7,8)9)65-57(72)49(15-16-55(70)87-60(4,5)6)45-51(67)47-84-41-39-81-37-35-79-33-31-77-29-26-75-23-19-62/h49-50,53H,10-48,62-63H2,1-9H3,(H,64,71)(H,65,72)(H,66,73)/t49-,50-,53+/m0/s1. The molecule has 0 bridgehead atoms. The average Bonchev–Trinajstić information content (AvgIpc) is 3.64. The fraction of sp³-hybridized carbons (Fsp3) is 0.885. The molecule has 0 saturated carbocycles. The molecule has 0 spiro atoms. The van der Waals surface area contributed by atoms with Crippen LogP contribution >= 0.6 is 0 Å². The van der Waals surface area contributed by atoms with Crippen molar-refractivity contribution >= 4 is 41.2 Å². The molecular formula is C61H115N5O22. The van der Waals surface area contributed by atoms with Gasteiger partial charge in [-0.05, 0) is 91.9 Å². The van der Waals surface area contributed by atoms with Gasteiger partial charge in [0, 0.05) is 63.8 Å². The number of Topliss-reactive ketones (excluding diaryl/α,β-unsaturated/α-hetero) is 3. The summed E-state index contributed by atoms with van der Waals surface area (Å²) in [5, 5.41) is 5.87. The van der Waals surface area contributed by atoms with Gasteiger partial charge in [0.2, 0.25) is 11.8 Å². The second kappa shape index (κ2) is 54.8. The Hall–Kier alpha value is -3.91. The molecule has 3 atom stereocenters. The zero-order valence-electron chi connectivity index (χ0n) is 54.9. The van der Waals surface area contributed by atoms with Crippen molar-refractivity contribution in [2.24, 2.45) is 28.7 Å². The molecule has 27 heteroatoms. The van der Waals surface area contributed by atoms with Gasteiger partial charge in [-0.2, -0.15) is 5.48 Å². The molecule has 0 aliphatic carbocycles. The minimum absolute atomic E-state index is 0.000773. The third-order valence-electron chi connectivity index (χ3n) is 12.0. The van der Waals surface area contributed by atoms with Crippen molar-refractivity contribution in [3.63, 3.8) is 0 Å². The summed E-state index contributed by atoms with van der Waals surface area (Å²) >= 11 is 0. The summed E-state index contributed by atoms with van der Waals surface area (Å²) in [5.41, 5.74) is 11.4. The number of unbranched alkanes of at least 4 members (excludes halogenated alkanes) is 1. The van der Waals surface area contributed by atoms with Crippen molar-refractivity contribution in [3.8, 4) is 0 Å². The van der Waals surface area contributed by atoms with E-state index in [9.17, 15) is 33.6 Å². The lowest BCUT2D eigenvalue weighted by Crippen LogP contribution is -2.44. The molecule has 516 valence electrons. The summed E-state index contributed by atoms with van der Waals surface area (Å²) in [6.07, 6.45) is 1.47. The van der Waals surface area contributed by atoms with Crippen LogP contribution in [0.3, 0.4) is 0 Å². The molecule has 27 nitrogen and oxygen atoms in total. The highest BCUT2D eigenvalue weighted by molar-refractivity contribution is 5.92. The fourth-order valence-electron chi connectivity index (χ4n) is 7.70. The Morgan fingerprint density at radius 1 is 0.409 bits per heavy atom. The number of hydrogen-bond donors (Lipinski definition) is 5. The number of amides is 3. The number of rotatable bonds is 61. The maximum absolute atomic E-state index is 14.2. The number of ether oxygens (including phenoxy) is 14. The fourth-order valence-corrected chi connectivity index (χ4v) is 7.70. The molecule has 0 aromatic heterocycles. The van der Waals surface area contributed by atoms with Crippen LogP contribution in [0, 0.1) is 17.3 Å². The Morgan fingerprint density at radius 2 is 0.807 bits per heavy atom. The highest BCUT2D eigenvalue weighted by atomic mass is 16.7. The summed E-state index contributed by atoms with van der Waals surface area (Å²) in [5.74, 6) is -3.84.